The summed E-state index contributed by atoms with van der Waals surface area (Å²) in [6.45, 7) is -0.0350. The molecule has 1 aromatic carbocycles. The SMILES string of the molecule is O=C(CCc1ccccn1)c1ccc(CNS(=O)(=O)c2ccc(F)c(Cl)c2)cn1. The molecule has 0 unspecified atom stereocenters. The van der Waals surface area contributed by atoms with Crippen molar-refractivity contribution < 1.29 is 17.6 Å². The van der Waals surface area contributed by atoms with Gasteiger partial charge in [-0.3, -0.25) is 14.8 Å². The third-order valence-corrected chi connectivity index (χ3v) is 5.80. The second kappa shape index (κ2) is 9.21. The van der Waals surface area contributed by atoms with Gasteiger partial charge >= 0.3 is 0 Å². The predicted molar refractivity (Wildman–Crippen MR) is 107 cm³/mol. The van der Waals surface area contributed by atoms with Gasteiger partial charge in [0.2, 0.25) is 10.0 Å². The average Bonchev–Trinajstić information content (AvgIpc) is 2.73. The first-order valence-corrected chi connectivity index (χ1v) is 10.5. The Morgan fingerprint density at radius 2 is 1.93 bits per heavy atom. The van der Waals surface area contributed by atoms with E-state index in [4.69, 9.17) is 11.6 Å². The molecule has 0 fully saturated rings. The van der Waals surface area contributed by atoms with Crippen molar-refractivity contribution in [2.45, 2.75) is 24.3 Å². The largest absolute Gasteiger partial charge is 0.292 e. The number of ketones is 1. The van der Waals surface area contributed by atoms with E-state index in [1.807, 2.05) is 18.2 Å². The summed E-state index contributed by atoms with van der Waals surface area (Å²) in [5.74, 6) is -0.818. The van der Waals surface area contributed by atoms with E-state index in [0.29, 0.717) is 17.7 Å². The molecule has 0 amide bonds. The number of carbonyl (C=O) groups is 1. The summed E-state index contributed by atoms with van der Waals surface area (Å²) in [5.41, 5.74) is 1.70. The fourth-order valence-electron chi connectivity index (χ4n) is 2.52. The standard InChI is InChI=1S/C20H17ClFN3O3S/c21-17-11-16(6-7-18(17)22)29(27,28)25-13-14-4-8-19(24-12-14)20(26)9-5-15-3-1-2-10-23-15/h1-4,6-8,10-12,25H,5,9,13H2. The van der Waals surface area contributed by atoms with Crippen molar-refractivity contribution in [3.63, 3.8) is 0 Å². The van der Waals surface area contributed by atoms with Crippen molar-refractivity contribution in [1.29, 1.82) is 0 Å². The lowest BCUT2D eigenvalue weighted by Gasteiger charge is -2.08. The summed E-state index contributed by atoms with van der Waals surface area (Å²) >= 11 is 5.64. The Morgan fingerprint density at radius 3 is 2.59 bits per heavy atom. The van der Waals surface area contributed by atoms with Gasteiger partial charge in [-0.2, -0.15) is 0 Å². The number of nitrogens with zero attached hydrogens (tertiary/aromatic N) is 2. The Hall–Kier alpha value is -2.68. The van der Waals surface area contributed by atoms with Gasteiger partial charge in [-0.15, -0.1) is 0 Å². The molecule has 0 aliphatic heterocycles. The number of hydrogen-bond donors (Lipinski definition) is 1. The molecule has 0 aliphatic carbocycles. The van der Waals surface area contributed by atoms with E-state index in [9.17, 15) is 17.6 Å². The summed E-state index contributed by atoms with van der Waals surface area (Å²) in [7, 11) is -3.87. The Kier molecular flexibility index (Phi) is 6.68. The van der Waals surface area contributed by atoms with Gasteiger partial charge in [0.1, 0.15) is 11.5 Å². The Morgan fingerprint density at radius 1 is 1.10 bits per heavy atom. The zero-order valence-electron chi connectivity index (χ0n) is 15.2. The van der Waals surface area contributed by atoms with Crippen LogP contribution in [0.5, 0.6) is 0 Å². The molecule has 0 radical (unpaired) electrons. The van der Waals surface area contributed by atoms with Crippen LogP contribution in [0.1, 0.15) is 28.2 Å². The topological polar surface area (TPSA) is 89.0 Å². The van der Waals surface area contributed by atoms with E-state index in [-0.39, 0.29) is 28.7 Å². The Labute approximate surface area is 172 Å². The fraction of sp³-hybridized carbons (Fsp3) is 0.150. The van der Waals surface area contributed by atoms with E-state index >= 15 is 0 Å². The second-order valence-corrected chi connectivity index (χ2v) is 8.37. The molecule has 9 heteroatoms. The maximum Gasteiger partial charge on any atom is 0.240 e. The van der Waals surface area contributed by atoms with E-state index in [0.717, 1.165) is 23.9 Å². The number of aromatic nitrogens is 2. The molecule has 29 heavy (non-hydrogen) atoms. The van der Waals surface area contributed by atoms with Crippen LogP contribution in [-0.4, -0.2) is 24.2 Å². The highest BCUT2D eigenvalue weighted by molar-refractivity contribution is 7.89. The third kappa shape index (κ3) is 5.66. The summed E-state index contributed by atoms with van der Waals surface area (Å²) in [5, 5.41) is -0.275. The van der Waals surface area contributed by atoms with Crippen molar-refractivity contribution in [2.24, 2.45) is 0 Å². The zero-order valence-corrected chi connectivity index (χ0v) is 16.8. The number of hydrogen-bond acceptors (Lipinski definition) is 5. The molecule has 1 N–H and O–H groups in total. The van der Waals surface area contributed by atoms with Gasteiger partial charge in [-0.25, -0.2) is 17.5 Å². The van der Waals surface area contributed by atoms with Crippen LogP contribution >= 0.6 is 11.6 Å². The number of halogens is 2. The molecule has 0 atom stereocenters. The van der Waals surface area contributed by atoms with Crippen LogP contribution in [0.4, 0.5) is 4.39 Å². The number of sulfonamides is 1. The molecule has 2 heterocycles. The number of carbonyl (C=O) groups excluding carboxylic acids is 1. The summed E-state index contributed by atoms with van der Waals surface area (Å²) < 4.78 is 40.2. The average molecular weight is 434 g/mol. The number of rotatable bonds is 8. The highest BCUT2D eigenvalue weighted by atomic mass is 35.5. The molecule has 0 saturated carbocycles. The molecular formula is C20H17ClFN3O3S. The molecular weight excluding hydrogens is 417 g/mol. The van der Waals surface area contributed by atoms with Crippen molar-refractivity contribution >= 4 is 27.4 Å². The molecule has 3 aromatic rings. The van der Waals surface area contributed by atoms with Crippen LogP contribution in [-0.2, 0) is 23.0 Å². The first-order valence-electron chi connectivity index (χ1n) is 8.68. The molecule has 0 bridgehead atoms. The highest BCUT2D eigenvalue weighted by Crippen LogP contribution is 2.19. The molecule has 0 spiro atoms. The van der Waals surface area contributed by atoms with Gasteiger partial charge in [0, 0.05) is 31.1 Å². The Bertz CT molecular complexity index is 1110. The number of pyridine rings is 2. The number of benzene rings is 1. The molecule has 0 saturated heterocycles. The van der Waals surface area contributed by atoms with E-state index < -0.39 is 15.8 Å². The molecule has 0 aliphatic rings. The highest BCUT2D eigenvalue weighted by Gasteiger charge is 2.16. The van der Waals surface area contributed by atoms with Gasteiger partial charge in [0.05, 0.1) is 9.92 Å². The quantitative estimate of drug-likeness (QED) is 0.548. The minimum Gasteiger partial charge on any atom is -0.292 e. The van der Waals surface area contributed by atoms with E-state index in [1.165, 1.54) is 6.20 Å². The summed E-state index contributed by atoms with van der Waals surface area (Å²) in [6.07, 6.45) is 3.91. The third-order valence-electron chi connectivity index (χ3n) is 4.11. The summed E-state index contributed by atoms with van der Waals surface area (Å²) in [4.78, 5) is 20.4. The number of nitrogens with one attached hydrogen (secondary N) is 1. The first-order chi connectivity index (χ1) is 13.8. The van der Waals surface area contributed by atoms with Gasteiger partial charge in [-0.1, -0.05) is 23.7 Å². The lowest BCUT2D eigenvalue weighted by atomic mass is 10.1. The van der Waals surface area contributed by atoms with Crippen LogP contribution in [0.25, 0.3) is 0 Å². The molecule has 2 aromatic heterocycles. The monoisotopic (exact) mass is 433 g/mol. The van der Waals surface area contributed by atoms with Crippen molar-refractivity contribution in [1.82, 2.24) is 14.7 Å². The molecule has 150 valence electrons. The lowest BCUT2D eigenvalue weighted by Crippen LogP contribution is -2.23. The van der Waals surface area contributed by atoms with Crippen molar-refractivity contribution in [3.8, 4) is 0 Å². The van der Waals surface area contributed by atoms with Crippen LogP contribution in [0.2, 0.25) is 5.02 Å². The van der Waals surface area contributed by atoms with E-state index in [2.05, 4.69) is 14.7 Å². The minimum absolute atomic E-state index is 0.0350. The zero-order chi connectivity index (χ0) is 20.9. The smallest absolute Gasteiger partial charge is 0.240 e. The van der Waals surface area contributed by atoms with Crippen LogP contribution in [0, 0.1) is 5.82 Å². The van der Waals surface area contributed by atoms with Gasteiger partial charge < -0.3 is 0 Å². The minimum atomic E-state index is -3.87. The summed E-state index contributed by atoms with van der Waals surface area (Å²) in [6, 6.07) is 11.9. The first kappa shape index (κ1) is 21.0. The second-order valence-electron chi connectivity index (χ2n) is 6.20. The maximum atomic E-state index is 13.2. The number of aryl methyl sites for hydroxylation is 1. The predicted octanol–water partition coefficient (Wildman–Crippen LogP) is 3.56. The van der Waals surface area contributed by atoms with E-state index in [1.54, 1.807) is 18.3 Å². The van der Waals surface area contributed by atoms with Crippen molar-refractivity contribution in [3.05, 3.63) is 88.7 Å². The van der Waals surface area contributed by atoms with Crippen molar-refractivity contribution in [2.75, 3.05) is 0 Å². The molecule has 3 rings (SSSR count). The maximum absolute atomic E-state index is 13.2. The lowest BCUT2D eigenvalue weighted by molar-refractivity contribution is 0.0977. The van der Waals surface area contributed by atoms with Gasteiger partial charge in [-0.05, 0) is 48.4 Å². The number of Topliss-reactive ketones (excluding diaryl/α,β-unsaturated/α-hetero) is 1. The van der Waals surface area contributed by atoms with Crippen LogP contribution in [0.15, 0.2) is 65.8 Å². The fourth-order valence-corrected chi connectivity index (χ4v) is 3.80. The Balaban J connectivity index is 1.58. The van der Waals surface area contributed by atoms with Crippen LogP contribution < -0.4 is 4.72 Å². The normalized spacial score (nSPS) is 11.4. The van der Waals surface area contributed by atoms with Gasteiger partial charge in [0.25, 0.3) is 0 Å². The molecule has 6 nitrogen and oxygen atoms in total. The van der Waals surface area contributed by atoms with Crippen LogP contribution in [0.3, 0.4) is 0 Å². The van der Waals surface area contributed by atoms with Gasteiger partial charge in [0.15, 0.2) is 5.78 Å².